The van der Waals surface area contributed by atoms with Crippen molar-refractivity contribution in [2.24, 2.45) is 0 Å². The van der Waals surface area contributed by atoms with Gasteiger partial charge in [-0.1, -0.05) is 36.4 Å². The molecule has 0 saturated carbocycles. The molecule has 1 N–H and O–H groups in total. The van der Waals surface area contributed by atoms with Gasteiger partial charge in [-0.25, -0.2) is 9.18 Å². The number of ether oxygens (including phenoxy) is 1. The Balaban J connectivity index is 2.19. The zero-order chi connectivity index (χ0) is 16.7. The molecule has 3 nitrogen and oxygen atoms in total. The first kappa shape index (κ1) is 16.6. The van der Waals surface area contributed by atoms with Crippen LogP contribution >= 0.6 is 0 Å². The summed E-state index contributed by atoms with van der Waals surface area (Å²) in [7, 11) is 1.33. The first-order chi connectivity index (χ1) is 11.1. The van der Waals surface area contributed by atoms with Crippen molar-refractivity contribution in [3.05, 3.63) is 77.1 Å². The second-order valence-electron chi connectivity index (χ2n) is 4.86. The molecule has 0 amide bonds. The van der Waals surface area contributed by atoms with Crippen LogP contribution in [0.25, 0.3) is 17.7 Å². The van der Waals surface area contributed by atoms with Crippen molar-refractivity contribution in [3.63, 3.8) is 0 Å². The summed E-state index contributed by atoms with van der Waals surface area (Å²) >= 11 is 0. The lowest BCUT2D eigenvalue weighted by molar-refractivity contribution is -0.134. The third-order valence-corrected chi connectivity index (χ3v) is 3.28. The maximum absolute atomic E-state index is 13.0. The monoisotopic (exact) mass is 312 g/mol. The highest BCUT2D eigenvalue weighted by Crippen LogP contribution is 2.19. The Bertz CT molecular complexity index is 713. The molecule has 23 heavy (non-hydrogen) atoms. The van der Waals surface area contributed by atoms with Gasteiger partial charge in [0.05, 0.1) is 13.7 Å². The molecule has 2 aromatic rings. The van der Waals surface area contributed by atoms with Gasteiger partial charge < -0.3 is 9.84 Å². The Kier molecular flexibility index (Phi) is 5.83. The van der Waals surface area contributed by atoms with E-state index in [1.807, 2.05) is 30.3 Å². The van der Waals surface area contributed by atoms with Crippen LogP contribution in [0, 0.1) is 5.82 Å². The number of rotatable bonds is 5. The topological polar surface area (TPSA) is 46.5 Å². The van der Waals surface area contributed by atoms with E-state index < -0.39 is 5.97 Å². The molecule has 0 atom stereocenters. The molecule has 0 spiro atoms. The van der Waals surface area contributed by atoms with Crippen LogP contribution in [0.4, 0.5) is 4.39 Å². The Hall–Kier alpha value is -2.72. The number of halogens is 1. The van der Waals surface area contributed by atoms with Crippen LogP contribution in [0.15, 0.2) is 54.6 Å². The second kappa shape index (κ2) is 8.06. The number of aliphatic hydroxyl groups is 1. The summed E-state index contributed by atoms with van der Waals surface area (Å²) in [6.07, 6.45) is 4.84. The van der Waals surface area contributed by atoms with E-state index in [9.17, 15) is 14.3 Å². The number of carbonyl (C=O) groups is 1. The quantitative estimate of drug-likeness (QED) is 0.522. The maximum Gasteiger partial charge on any atom is 0.330 e. The smallest absolute Gasteiger partial charge is 0.330 e. The van der Waals surface area contributed by atoms with E-state index in [4.69, 9.17) is 0 Å². The number of benzene rings is 2. The van der Waals surface area contributed by atoms with Crippen LogP contribution in [0.3, 0.4) is 0 Å². The summed E-state index contributed by atoms with van der Waals surface area (Å²) in [5.41, 5.74) is 3.22. The number of esters is 1. The second-order valence-corrected chi connectivity index (χ2v) is 4.86. The van der Waals surface area contributed by atoms with Gasteiger partial charge in [0.1, 0.15) is 5.82 Å². The third kappa shape index (κ3) is 4.90. The van der Waals surface area contributed by atoms with Gasteiger partial charge in [-0.2, -0.15) is 0 Å². The largest absolute Gasteiger partial charge is 0.466 e. The van der Waals surface area contributed by atoms with Crippen LogP contribution in [0.2, 0.25) is 0 Å². The van der Waals surface area contributed by atoms with Crippen molar-refractivity contribution in [2.75, 3.05) is 13.7 Å². The molecule has 2 rings (SSSR count). The molecule has 0 saturated heterocycles. The fourth-order valence-electron chi connectivity index (χ4n) is 2.02. The minimum atomic E-state index is -0.409. The van der Waals surface area contributed by atoms with Crippen LogP contribution in [0.1, 0.15) is 16.7 Å². The van der Waals surface area contributed by atoms with Gasteiger partial charge in [0, 0.05) is 6.08 Å². The van der Waals surface area contributed by atoms with Gasteiger partial charge in [0.2, 0.25) is 0 Å². The van der Waals surface area contributed by atoms with E-state index in [0.717, 1.165) is 16.7 Å². The highest BCUT2D eigenvalue weighted by molar-refractivity contribution is 5.87. The lowest BCUT2D eigenvalue weighted by Gasteiger charge is -2.05. The van der Waals surface area contributed by atoms with E-state index in [1.54, 1.807) is 18.2 Å². The van der Waals surface area contributed by atoms with Crippen molar-refractivity contribution in [1.29, 1.82) is 0 Å². The fraction of sp³-hybridized carbons (Fsp3) is 0.105. The average molecular weight is 312 g/mol. The number of methoxy groups -OCH3 is 1. The fourth-order valence-corrected chi connectivity index (χ4v) is 2.02. The molecule has 2 aromatic carbocycles. The van der Waals surface area contributed by atoms with E-state index >= 15 is 0 Å². The minimum Gasteiger partial charge on any atom is -0.466 e. The molecule has 0 aliphatic heterocycles. The number of hydrogen-bond acceptors (Lipinski definition) is 3. The van der Waals surface area contributed by atoms with Crippen molar-refractivity contribution < 1.29 is 19.0 Å². The first-order valence-electron chi connectivity index (χ1n) is 7.06. The van der Waals surface area contributed by atoms with Crippen molar-refractivity contribution in [2.45, 2.75) is 0 Å². The molecule has 0 aliphatic rings. The van der Waals surface area contributed by atoms with Gasteiger partial charge in [0.15, 0.2) is 0 Å². The normalized spacial score (nSPS) is 11.7. The van der Waals surface area contributed by atoms with Crippen molar-refractivity contribution >= 4 is 23.7 Å². The van der Waals surface area contributed by atoms with Crippen LogP contribution in [0.5, 0.6) is 0 Å². The molecule has 118 valence electrons. The molecule has 0 unspecified atom stereocenters. The molecule has 0 aromatic heterocycles. The summed E-state index contributed by atoms with van der Waals surface area (Å²) in [6.45, 7) is -0.143. The van der Waals surface area contributed by atoms with Gasteiger partial charge in [-0.15, -0.1) is 0 Å². The molecule has 0 radical (unpaired) electrons. The molecule has 0 aliphatic carbocycles. The van der Waals surface area contributed by atoms with E-state index in [0.29, 0.717) is 5.57 Å². The lowest BCUT2D eigenvalue weighted by Crippen LogP contribution is -1.93. The Morgan fingerprint density at radius 3 is 2.26 bits per heavy atom. The number of hydrogen-bond donors (Lipinski definition) is 1. The molecule has 0 fully saturated rings. The highest BCUT2D eigenvalue weighted by atomic mass is 19.1. The van der Waals surface area contributed by atoms with Crippen LogP contribution < -0.4 is 0 Å². The Morgan fingerprint density at radius 1 is 1.09 bits per heavy atom. The maximum atomic E-state index is 13.0. The summed E-state index contributed by atoms with van der Waals surface area (Å²) in [6, 6.07) is 13.4. The Morgan fingerprint density at radius 2 is 1.70 bits per heavy atom. The van der Waals surface area contributed by atoms with Gasteiger partial charge in [-0.05, 0) is 46.5 Å². The summed E-state index contributed by atoms with van der Waals surface area (Å²) in [5, 5.41) is 9.51. The Labute approximate surface area is 134 Å². The summed E-state index contributed by atoms with van der Waals surface area (Å²) in [4.78, 5) is 11.0. The third-order valence-electron chi connectivity index (χ3n) is 3.28. The SMILES string of the molecule is COC(=O)/C=C/c1ccc(/C=C(/CO)c2ccc(F)cc2)cc1. The van der Waals surface area contributed by atoms with Gasteiger partial charge in [-0.3, -0.25) is 0 Å². The number of carbonyl (C=O) groups excluding carboxylic acids is 1. The van der Waals surface area contributed by atoms with Gasteiger partial charge >= 0.3 is 5.97 Å². The van der Waals surface area contributed by atoms with E-state index in [2.05, 4.69) is 4.74 Å². The summed E-state index contributed by atoms with van der Waals surface area (Å²) in [5.74, 6) is -0.722. The minimum absolute atomic E-state index is 0.143. The van der Waals surface area contributed by atoms with Crippen molar-refractivity contribution in [1.82, 2.24) is 0 Å². The highest BCUT2D eigenvalue weighted by Gasteiger charge is 2.01. The molecular weight excluding hydrogens is 295 g/mol. The molecular formula is C19H17FO3. The van der Waals surface area contributed by atoms with Crippen LogP contribution in [-0.4, -0.2) is 24.8 Å². The lowest BCUT2D eigenvalue weighted by atomic mass is 10.0. The van der Waals surface area contributed by atoms with Crippen LogP contribution in [-0.2, 0) is 9.53 Å². The molecule has 0 bridgehead atoms. The van der Waals surface area contributed by atoms with E-state index in [1.165, 1.54) is 25.3 Å². The summed E-state index contributed by atoms with van der Waals surface area (Å²) < 4.78 is 17.5. The zero-order valence-corrected chi connectivity index (χ0v) is 12.7. The van der Waals surface area contributed by atoms with Crippen molar-refractivity contribution in [3.8, 4) is 0 Å². The number of aliphatic hydroxyl groups excluding tert-OH is 1. The average Bonchev–Trinajstić information content (AvgIpc) is 2.59. The molecule has 4 heteroatoms. The van der Waals surface area contributed by atoms with Gasteiger partial charge in [0.25, 0.3) is 0 Å². The first-order valence-corrected chi connectivity index (χ1v) is 7.06. The standard InChI is InChI=1S/C19H17FO3/c1-23-19(22)11-6-14-2-4-15(5-3-14)12-17(13-21)16-7-9-18(20)10-8-16/h2-12,21H,13H2,1H3/b11-6+,17-12-. The predicted octanol–water partition coefficient (Wildman–Crippen LogP) is 3.54. The molecule has 0 heterocycles. The zero-order valence-electron chi connectivity index (χ0n) is 12.7. The predicted molar refractivity (Wildman–Crippen MR) is 88.8 cm³/mol. The van der Waals surface area contributed by atoms with E-state index in [-0.39, 0.29) is 12.4 Å².